The first-order chi connectivity index (χ1) is 8.41. The maximum atomic E-state index is 11.9. The third-order valence-corrected chi connectivity index (χ3v) is 3.72. The van der Waals surface area contributed by atoms with Crippen LogP contribution in [0.2, 0.25) is 0 Å². The summed E-state index contributed by atoms with van der Waals surface area (Å²) < 4.78 is 1.86. The van der Waals surface area contributed by atoms with Crippen LogP contribution >= 0.6 is 31.9 Å². The Hall–Kier alpha value is -0.550. The third-order valence-electron chi connectivity index (χ3n) is 2.40. The van der Waals surface area contributed by atoms with E-state index in [4.69, 9.17) is 0 Å². The van der Waals surface area contributed by atoms with Gasteiger partial charge in [-0.05, 0) is 56.8 Å². The summed E-state index contributed by atoms with van der Waals surface area (Å²) in [5.41, 5.74) is 0.893. The van der Waals surface area contributed by atoms with E-state index in [0.29, 0.717) is 12.5 Å². The van der Waals surface area contributed by atoms with Crippen LogP contribution in [0.25, 0.3) is 0 Å². The molecule has 1 rings (SSSR count). The highest BCUT2D eigenvalue weighted by atomic mass is 79.9. The van der Waals surface area contributed by atoms with E-state index >= 15 is 0 Å². The number of hydrogen-bond donors (Lipinski definition) is 2. The Labute approximate surface area is 125 Å². The molecule has 0 aliphatic rings. The van der Waals surface area contributed by atoms with E-state index in [-0.39, 0.29) is 11.9 Å². The van der Waals surface area contributed by atoms with Crippen molar-refractivity contribution in [1.29, 1.82) is 0 Å². The molecule has 0 aromatic heterocycles. The van der Waals surface area contributed by atoms with Crippen LogP contribution in [0.5, 0.6) is 0 Å². The largest absolute Gasteiger partial charge is 0.372 e. The Morgan fingerprint density at radius 1 is 1.22 bits per heavy atom. The average molecular weight is 378 g/mol. The van der Waals surface area contributed by atoms with Gasteiger partial charge in [-0.3, -0.25) is 4.79 Å². The number of anilines is 1. The topological polar surface area (TPSA) is 41.1 Å². The van der Waals surface area contributed by atoms with Crippen LogP contribution in [0.1, 0.15) is 20.8 Å². The summed E-state index contributed by atoms with van der Waals surface area (Å²) in [7, 11) is 0. The maximum absolute atomic E-state index is 11.9. The Balaban J connectivity index is 2.64. The molecule has 1 aromatic carbocycles. The van der Waals surface area contributed by atoms with Gasteiger partial charge < -0.3 is 10.6 Å². The minimum atomic E-state index is -0.279. The normalized spacial score (nSPS) is 12.3. The monoisotopic (exact) mass is 376 g/mol. The van der Waals surface area contributed by atoms with E-state index in [9.17, 15) is 4.79 Å². The quantitative estimate of drug-likeness (QED) is 0.819. The van der Waals surface area contributed by atoms with E-state index in [2.05, 4.69) is 56.3 Å². The molecule has 18 heavy (non-hydrogen) atoms. The van der Waals surface area contributed by atoms with Crippen molar-refractivity contribution < 1.29 is 4.79 Å². The van der Waals surface area contributed by atoms with Crippen molar-refractivity contribution in [3.05, 3.63) is 27.1 Å². The van der Waals surface area contributed by atoms with Crippen molar-refractivity contribution in [2.24, 2.45) is 5.92 Å². The van der Waals surface area contributed by atoms with E-state index in [1.165, 1.54) is 0 Å². The Bertz CT molecular complexity index is 401. The van der Waals surface area contributed by atoms with Gasteiger partial charge in [-0.2, -0.15) is 0 Å². The smallest absolute Gasteiger partial charge is 0.242 e. The van der Waals surface area contributed by atoms with Crippen molar-refractivity contribution in [2.75, 3.05) is 11.9 Å². The summed E-state index contributed by atoms with van der Waals surface area (Å²) in [6.45, 7) is 6.69. The second kappa shape index (κ2) is 7.14. The second-order valence-corrected chi connectivity index (χ2v) is 6.31. The fourth-order valence-corrected chi connectivity index (χ4v) is 2.60. The predicted octanol–water partition coefficient (Wildman–Crippen LogP) is 3.78. The zero-order valence-electron chi connectivity index (χ0n) is 10.8. The minimum Gasteiger partial charge on any atom is -0.372 e. The summed E-state index contributed by atoms with van der Waals surface area (Å²) in [5, 5.41) is 6.11. The molecule has 5 heteroatoms. The molecule has 0 aliphatic carbocycles. The van der Waals surface area contributed by atoms with Crippen LogP contribution in [0, 0.1) is 5.92 Å². The summed E-state index contributed by atoms with van der Waals surface area (Å²) in [6, 6.07) is 5.53. The molecule has 1 amide bonds. The molecule has 0 aliphatic heterocycles. The molecule has 0 bridgehead atoms. The number of carbonyl (C=O) groups is 1. The van der Waals surface area contributed by atoms with Crippen molar-refractivity contribution >= 4 is 43.5 Å². The van der Waals surface area contributed by atoms with Crippen molar-refractivity contribution in [3.8, 4) is 0 Å². The van der Waals surface area contributed by atoms with Gasteiger partial charge in [0.1, 0.15) is 6.04 Å². The van der Waals surface area contributed by atoms with Gasteiger partial charge >= 0.3 is 0 Å². The lowest BCUT2D eigenvalue weighted by Crippen LogP contribution is -2.39. The summed E-state index contributed by atoms with van der Waals surface area (Å²) >= 11 is 6.93. The molecule has 2 N–H and O–H groups in total. The maximum Gasteiger partial charge on any atom is 0.242 e. The van der Waals surface area contributed by atoms with Gasteiger partial charge in [0.05, 0.1) is 5.69 Å². The standard InChI is InChI=1S/C13H18Br2N2O/c1-8(2)7-16-13(18)9(3)17-12-10(14)5-4-6-11(12)15/h4-6,8-9,17H,7H2,1-3H3,(H,16,18). The fourth-order valence-electron chi connectivity index (χ4n) is 1.38. The highest BCUT2D eigenvalue weighted by molar-refractivity contribution is 9.11. The van der Waals surface area contributed by atoms with Gasteiger partial charge in [-0.1, -0.05) is 19.9 Å². The van der Waals surface area contributed by atoms with Crippen LogP contribution in [0.4, 0.5) is 5.69 Å². The number of nitrogens with one attached hydrogen (secondary N) is 2. The molecule has 0 radical (unpaired) electrons. The zero-order chi connectivity index (χ0) is 13.7. The molecule has 0 heterocycles. The fraction of sp³-hybridized carbons (Fsp3) is 0.462. The summed E-state index contributed by atoms with van der Waals surface area (Å²) in [4.78, 5) is 11.9. The van der Waals surface area contributed by atoms with Crippen LogP contribution in [-0.2, 0) is 4.79 Å². The molecule has 1 aromatic rings. The summed E-state index contributed by atoms with van der Waals surface area (Å²) in [5.74, 6) is 0.461. The molecule has 1 unspecified atom stereocenters. The lowest BCUT2D eigenvalue weighted by Gasteiger charge is -2.18. The number of hydrogen-bond acceptors (Lipinski definition) is 2. The summed E-state index contributed by atoms with van der Waals surface area (Å²) in [6.07, 6.45) is 0. The predicted molar refractivity (Wildman–Crippen MR) is 82.8 cm³/mol. The average Bonchev–Trinajstić information content (AvgIpc) is 2.30. The molecule has 100 valence electrons. The zero-order valence-corrected chi connectivity index (χ0v) is 13.9. The van der Waals surface area contributed by atoms with Crippen LogP contribution < -0.4 is 10.6 Å². The molecule has 0 fully saturated rings. The van der Waals surface area contributed by atoms with Crippen LogP contribution in [-0.4, -0.2) is 18.5 Å². The van der Waals surface area contributed by atoms with Gasteiger partial charge in [-0.25, -0.2) is 0 Å². The van der Waals surface area contributed by atoms with E-state index in [1.54, 1.807) is 0 Å². The minimum absolute atomic E-state index is 0.00588. The van der Waals surface area contributed by atoms with Crippen molar-refractivity contribution in [2.45, 2.75) is 26.8 Å². The first-order valence-electron chi connectivity index (χ1n) is 5.90. The van der Waals surface area contributed by atoms with Crippen molar-refractivity contribution in [1.82, 2.24) is 5.32 Å². The highest BCUT2D eigenvalue weighted by Gasteiger charge is 2.15. The Kier molecular flexibility index (Phi) is 6.15. The van der Waals surface area contributed by atoms with E-state index in [0.717, 1.165) is 14.6 Å². The van der Waals surface area contributed by atoms with Crippen molar-refractivity contribution in [3.63, 3.8) is 0 Å². The molecule has 0 saturated carbocycles. The number of carbonyl (C=O) groups excluding carboxylic acids is 1. The number of halogens is 2. The number of benzene rings is 1. The van der Waals surface area contributed by atoms with Gasteiger partial charge in [-0.15, -0.1) is 0 Å². The second-order valence-electron chi connectivity index (χ2n) is 4.60. The van der Waals surface area contributed by atoms with Gasteiger partial charge in [0.15, 0.2) is 0 Å². The lowest BCUT2D eigenvalue weighted by molar-refractivity contribution is -0.121. The molecule has 1 atom stereocenters. The van der Waals surface area contributed by atoms with E-state index in [1.807, 2.05) is 25.1 Å². The van der Waals surface area contributed by atoms with Gasteiger partial charge in [0, 0.05) is 15.5 Å². The Morgan fingerprint density at radius 2 is 1.78 bits per heavy atom. The van der Waals surface area contributed by atoms with Crippen LogP contribution in [0.3, 0.4) is 0 Å². The Morgan fingerprint density at radius 3 is 2.28 bits per heavy atom. The highest BCUT2D eigenvalue weighted by Crippen LogP contribution is 2.30. The molecular formula is C13H18Br2N2O. The number of rotatable bonds is 5. The number of para-hydroxylation sites is 1. The first-order valence-corrected chi connectivity index (χ1v) is 7.48. The lowest BCUT2D eigenvalue weighted by atomic mass is 10.2. The van der Waals surface area contributed by atoms with Crippen LogP contribution in [0.15, 0.2) is 27.1 Å². The van der Waals surface area contributed by atoms with Gasteiger partial charge in [0.25, 0.3) is 0 Å². The molecule has 0 saturated heterocycles. The molecule has 0 spiro atoms. The third kappa shape index (κ3) is 4.61. The van der Waals surface area contributed by atoms with Gasteiger partial charge in [0.2, 0.25) is 5.91 Å². The molecule has 3 nitrogen and oxygen atoms in total. The van der Waals surface area contributed by atoms with E-state index < -0.39 is 0 Å². The first kappa shape index (κ1) is 15.5. The molecular weight excluding hydrogens is 360 g/mol. The SMILES string of the molecule is CC(C)CNC(=O)C(C)Nc1c(Br)cccc1Br. The number of amides is 1.